The van der Waals surface area contributed by atoms with Crippen LogP contribution in [0.3, 0.4) is 0 Å². The number of rotatable bonds is 7. The van der Waals surface area contributed by atoms with Crippen molar-refractivity contribution in [1.29, 1.82) is 0 Å². The Morgan fingerprint density at radius 3 is 2.77 bits per heavy atom. The third kappa shape index (κ3) is 3.55. The Bertz CT molecular complexity index is 615. The van der Waals surface area contributed by atoms with Crippen LogP contribution in [0, 0.1) is 0 Å². The van der Waals surface area contributed by atoms with Crippen LogP contribution in [0.5, 0.6) is 0 Å². The van der Waals surface area contributed by atoms with Gasteiger partial charge in [0.15, 0.2) is 0 Å². The van der Waals surface area contributed by atoms with Gasteiger partial charge in [0.05, 0.1) is 6.42 Å². The highest BCUT2D eigenvalue weighted by Crippen LogP contribution is 2.32. The number of nitrogens with two attached hydrogens (primary N) is 1. The molecule has 2 amide bonds. The Labute approximate surface area is 128 Å². The van der Waals surface area contributed by atoms with E-state index < -0.39 is 5.97 Å². The number of primary amides is 1. The lowest BCUT2D eigenvalue weighted by atomic mass is 10.1. The molecule has 3 N–H and O–H groups in total. The fourth-order valence-electron chi connectivity index (χ4n) is 2.56. The number of amides is 2. The number of hydrogen-bond acceptors (Lipinski definition) is 4. The lowest BCUT2D eigenvalue weighted by Crippen LogP contribution is -2.28. The van der Waals surface area contributed by atoms with Crippen molar-refractivity contribution in [1.82, 2.24) is 0 Å². The number of carboxylic acid groups (broad SMARTS) is 1. The Hall–Kier alpha value is -2.57. The standard InChI is InChI=1S/C15H19N3O4/c1-17(9-15(21)22)11-4-5-12-10(7-11)8-14(20)18(12)6-2-3-13(16)19/h4-5,7H,2-3,6,8-9H2,1H3,(H2,16,19)(H,21,22). The van der Waals surface area contributed by atoms with E-state index in [4.69, 9.17) is 10.8 Å². The molecule has 0 aromatic heterocycles. The van der Waals surface area contributed by atoms with E-state index in [1.807, 2.05) is 12.1 Å². The van der Waals surface area contributed by atoms with Gasteiger partial charge in [-0.15, -0.1) is 0 Å². The number of carboxylic acids is 1. The van der Waals surface area contributed by atoms with Gasteiger partial charge in [0.2, 0.25) is 11.8 Å². The quantitative estimate of drug-likeness (QED) is 0.757. The summed E-state index contributed by atoms with van der Waals surface area (Å²) in [6.07, 6.45) is 1.07. The maximum Gasteiger partial charge on any atom is 0.323 e. The van der Waals surface area contributed by atoms with Gasteiger partial charge in [-0.05, 0) is 30.2 Å². The fraction of sp³-hybridized carbons (Fsp3) is 0.400. The van der Waals surface area contributed by atoms with E-state index in [-0.39, 0.29) is 24.8 Å². The van der Waals surface area contributed by atoms with E-state index in [0.717, 1.165) is 16.9 Å². The third-order valence-electron chi connectivity index (χ3n) is 3.61. The minimum atomic E-state index is -0.910. The van der Waals surface area contributed by atoms with E-state index in [1.54, 1.807) is 22.9 Å². The van der Waals surface area contributed by atoms with Crippen molar-refractivity contribution in [2.75, 3.05) is 29.9 Å². The van der Waals surface area contributed by atoms with Crippen LogP contribution in [0.15, 0.2) is 18.2 Å². The third-order valence-corrected chi connectivity index (χ3v) is 3.61. The van der Waals surface area contributed by atoms with Gasteiger partial charge in [-0.1, -0.05) is 0 Å². The van der Waals surface area contributed by atoms with Crippen LogP contribution in [0.4, 0.5) is 11.4 Å². The van der Waals surface area contributed by atoms with Crippen molar-refractivity contribution in [3.05, 3.63) is 23.8 Å². The number of fused-ring (bicyclic) bond motifs is 1. The summed E-state index contributed by atoms with van der Waals surface area (Å²) < 4.78 is 0. The second-order valence-electron chi connectivity index (χ2n) is 5.35. The maximum absolute atomic E-state index is 12.1. The summed E-state index contributed by atoms with van der Waals surface area (Å²) in [7, 11) is 1.69. The van der Waals surface area contributed by atoms with E-state index in [0.29, 0.717) is 19.4 Å². The lowest BCUT2D eigenvalue weighted by Gasteiger charge is -2.20. The van der Waals surface area contributed by atoms with Crippen LogP contribution in [-0.4, -0.2) is 43.0 Å². The number of likely N-dealkylation sites (N-methyl/N-ethyl adjacent to an activating group) is 1. The van der Waals surface area contributed by atoms with Crippen LogP contribution in [0.25, 0.3) is 0 Å². The Morgan fingerprint density at radius 2 is 2.14 bits per heavy atom. The number of carbonyl (C=O) groups is 3. The minimum Gasteiger partial charge on any atom is -0.480 e. The molecular weight excluding hydrogens is 286 g/mol. The van der Waals surface area contributed by atoms with Crippen molar-refractivity contribution in [2.45, 2.75) is 19.3 Å². The zero-order chi connectivity index (χ0) is 16.3. The second kappa shape index (κ2) is 6.46. The van der Waals surface area contributed by atoms with Gasteiger partial charge in [-0.2, -0.15) is 0 Å². The highest BCUT2D eigenvalue weighted by Gasteiger charge is 2.27. The number of hydrogen-bond donors (Lipinski definition) is 2. The first kappa shape index (κ1) is 15.8. The summed E-state index contributed by atoms with van der Waals surface area (Å²) in [5, 5.41) is 8.82. The number of benzene rings is 1. The van der Waals surface area contributed by atoms with E-state index in [9.17, 15) is 14.4 Å². The molecule has 1 aromatic rings. The normalized spacial score (nSPS) is 13.1. The first-order chi connectivity index (χ1) is 10.4. The molecular formula is C15H19N3O4. The van der Waals surface area contributed by atoms with Crippen LogP contribution in [-0.2, 0) is 20.8 Å². The van der Waals surface area contributed by atoms with Gasteiger partial charge in [-0.3, -0.25) is 14.4 Å². The van der Waals surface area contributed by atoms with Crippen molar-refractivity contribution < 1.29 is 19.5 Å². The average molecular weight is 305 g/mol. The summed E-state index contributed by atoms with van der Waals surface area (Å²) in [6, 6.07) is 5.45. The molecule has 0 atom stereocenters. The monoisotopic (exact) mass is 305 g/mol. The molecule has 22 heavy (non-hydrogen) atoms. The molecule has 7 nitrogen and oxygen atoms in total. The molecule has 1 heterocycles. The first-order valence-electron chi connectivity index (χ1n) is 7.03. The zero-order valence-corrected chi connectivity index (χ0v) is 12.4. The molecule has 1 aliphatic rings. The van der Waals surface area contributed by atoms with Crippen molar-refractivity contribution >= 4 is 29.2 Å². The average Bonchev–Trinajstić information content (AvgIpc) is 2.73. The molecule has 0 unspecified atom stereocenters. The first-order valence-corrected chi connectivity index (χ1v) is 7.03. The predicted molar refractivity (Wildman–Crippen MR) is 81.8 cm³/mol. The van der Waals surface area contributed by atoms with E-state index >= 15 is 0 Å². The summed E-state index contributed by atoms with van der Waals surface area (Å²) in [6.45, 7) is 0.355. The van der Waals surface area contributed by atoms with Crippen molar-refractivity contribution in [2.24, 2.45) is 5.73 Å². The number of aliphatic carboxylic acids is 1. The smallest absolute Gasteiger partial charge is 0.323 e. The van der Waals surface area contributed by atoms with Gasteiger partial charge < -0.3 is 20.6 Å². The summed E-state index contributed by atoms with van der Waals surface area (Å²) in [5.74, 6) is -1.30. The van der Waals surface area contributed by atoms with Crippen molar-refractivity contribution in [3.8, 4) is 0 Å². The molecule has 0 saturated carbocycles. The minimum absolute atomic E-state index is 0.0162. The fourth-order valence-corrected chi connectivity index (χ4v) is 2.56. The summed E-state index contributed by atoms with van der Waals surface area (Å²) in [5.41, 5.74) is 7.56. The van der Waals surface area contributed by atoms with Crippen LogP contribution < -0.4 is 15.5 Å². The molecule has 0 aliphatic carbocycles. The second-order valence-corrected chi connectivity index (χ2v) is 5.35. The molecule has 0 radical (unpaired) electrons. The molecule has 1 aromatic carbocycles. The molecule has 2 rings (SSSR count). The van der Waals surface area contributed by atoms with Gasteiger partial charge in [0, 0.05) is 31.4 Å². The summed E-state index contributed by atoms with van der Waals surface area (Å²) in [4.78, 5) is 36.9. The molecule has 0 saturated heterocycles. The zero-order valence-electron chi connectivity index (χ0n) is 12.4. The predicted octanol–water partition coefficient (Wildman–Crippen LogP) is 0.362. The summed E-state index contributed by atoms with van der Waals surface area (Å²) >= 11 is 0. The van der Waals surface area contributed by atoms with Crippen LogP contribution >= 0.6 is 0 Å². The highest BCUT2D eigenvalue weighted by atomic mass is 16.4. The largest absolute Gasteiger partial charge is 0.480 e. The molecule has 0 spiro atoms. The Morgan fingerprint density at radius 1 is 1.41 bits per heavy atom. The highest BCUT2D eigenvalue weighted by molar-refractivity contribution is 6.01. The number of nitrogens with zero attached hydrogens (tertiary/aromatic N) is 2. The lowest BCUT2D eigenvalue weighted by molar-refractivity contribution is -0.135. The Kier molecular flexibility index (Phi) is 4.65. The molecule has 7 heteroatoms. The van der Waals surface area contributed by atoms with Crippen LogP contribution in [0.2, 0.25) is 0 Å². The van der Waals surface area contributed by atoms with Crippen LogP contribution in [0.1, 0.15) is 18.4 Å². The molecule has 0 fully saturated rings. The van der Waals surface area contributed by atoms with E-state index in [2.05, 4.69) is 0 Å². The topological polar surface area (TPSA) is 104 Å². The van der Waals surface area contributed by atoms with Gasteiger partial charge in [-0.25, -0.2) is 0 Å². The van der Waals surface area contributed by atoms with Gasteiger partial charge in [0.1, 0.15) is 6.54 Å². The number of anilines is 2. The van der Waals surface area contributed by atoms with Gasteiger partial charge >= 0.3 is 5.97 Å². The SMILES string of the molecule is CN(CC(=O)O)c1ccc2c(c1)CC(=O)N2CCCC(N)=O. The maximum atomic E-state index is 12.1. The number of carbonyl (C=O) groups excluding carboxylic acids is 2. The molecule has 118 valence electrons. The van der Waals surface area contributed by atoms with Gasteiger partial charge in [0.25, 0.3) is 0 Å². The molecule has 0 bridgehead atoms. The van der Waals surface area contributed by atoms with Crippen molar-refractivity contribution in [3.63, 3.8) is 0 Å². The Balaban J connectivity index is 2.11. The molecule has 1 aliphatic heterocycles. The van der Waals surface area contributed by atoms with E-state index in [1.165, 1.54) is 0 Å².